The lowest BCUT2D eigenvalue weighted by Crippen LogP contribution is -2.14. The highest BCUT2D eigenvalue weighted by Crippen LogP contribution is 2.17. The lowest BCUT2D eigenvalue weighted by molar-refractivity contribution is 0.181. The van der Waals surface area contributed by atoms with Crippen LogP contribution in [0, 0.1) is 6.92 Å². The monoisotopic (exact) mass is 186 g/mol. The Morgan fingerprint density at radius 3 is 2.92 bits per heavy atom. The first kappa shape index (κ1) is 9.45. The van der Waals surface area contributed by atoms with Crippen molar-refractivity contribution in [1.82, 2.24) is 4.98 Å². The lowest BCUT2D eigenvalue weighted by atomic mass is 10.1. The molecule has 0 bridgehead atoms. The van der Waals surface area contributed by atoms with Crippen molar-refractivity contribution in [3.63, 3.8) is 0 Å². The second-order valence-electron chi connectivity index (χ2n) is 2.61. The number of hydrogen-bond donors (Lipinski definition) is 2. The van der Waals surface area contributed by atoms with Crippen LogP contribution in [0.5, 0.6) is 0 Å². The molecule has 0 aliphatic rings. The number of aryl methyl sites for hydroxylation is 1. The predicted molar refractivity (Wildman–Crippen MR) is 48.0 cm³/mol. The van der Waals surface area contributed by atoms with Gasteiger partial charge in [-0.15, -0.1) is 0 Å². The molecule has 1 aromatic rings. The van der Waals surface area contributed by atoms with E-state index in [1.165, 1.54) is 6.20 Å². The van der Waals surface area contributed by atoms with Gasteiger partial charge in [0.1, 0.15) is 6.10 Å². The molecule has 0 radical (unpaired) electrons. The summed E-state index contributed by atoms with van der Waals surface area (Å²) in [6.45, 7) is 2.02. The van der Waals surface area contributed by atoms with E-state index in [9.17, 15) is 5.11 Å². The van der Waals surface area contributed by atoms with Crippen molar-refractivity contribution in [3.05, 3.63) is 28.5 Å². The molecule has 0 fully saturated rings. The van der Waals surface area contributed by atoms with E-state index in [1.54, 1.807) is 6.07 Å². The second kappa shape index (κ2) is 3.85. The number of halogens is 1. The third kappa shape index (κ3) is 1.94. The summed E-state index contributed by atoms with van der Waals surface area (Å²) in [7, 11) is 0. The maximum Gasteiger partial charge on any atom is 0.108 e. The molecule has 12 heavy (non-hydrogen) atoms. The van der Waals surface area contributed by atoms with Crippen molar-refractivity contribution in [3.8, 4) is 0 Å². The van der Waals surface area contributed by atoms with Crippen LogP contribution in [0.25, 0.3) is 0 Å². The molecule has 0 aromatic carbocycles. The smallest absolute Gasteiger partial charge is 0.108 e. The van der Waals surface area contributed by atoms with Gasteiger partial charge in [-0.2, -0.15) is 0 Å². The van der Waals surface area contributed by atoms with E-state index in [0.29, 0.717) is 10.7 Å². The maximum atomic E-state index is 9.37. The molecule has 1 aromatic heterocycles. The fourth-order valence-electron chi connectivity index (χ4n) is 1.01. The molecule has 0 saturated heterocycles. The van der Waals surface area contributed by atoms with Gasteiger partial charge in [-0.25, -0.2) is 0 Å². The number of aliphatic hydroxyl groups excluding tert-OH is 1. The summed E-state index contributed by atoms with van der Waals surface area (Å²) in [5.41, 5.74) is 6.75. The fourth-order valence-corrected chi connectivity index (χ4v) is 1.22. The molecular formula is C8H11ClN2O. The van der Waals surface area contributed by atoms with Crippen molar-refractivity contribution < 1.29 is 5.11 Å². The van der Waals surface area contributed by atoms with Crippen molar-refractivity contribution in [2.24, 2.45) is 5.73 Å². The van der Waals surface area contributed by atoms with Crippen LogP contribution in [0.15, 0.2) is 12.3 Å². The average molecular weight is 187 g/mol. The summed E-state index contributed by atoms with van der Waals surface area (Å²) in [5.74, 6) is 0. The molecule has 1 rings (SSSR count). The second-order valence-corrected chi connectivity index (χ2v) is 3.04. The lowest BCUT2D eigenvalue weighted by Gasteiger charge is -2.09. The molecule has 0 aliphatic heterocycles. The Balaban J connectivity index is 3.01. The topological polar surface area (TPSA) is 59.1 Å². The SMILES string of the molecule is Cc1cc(Cl)cnc1C(O)CN. The van der Waals surface area contributed by atoms with Gasteiger partial charge in [-0.3, -0.25) is 4.98 Å². The summed E-state index contributed by atoms with van der Waals surface area (Å²) in [5, 5.41) is 9.94. The van der Waals surface area contributed by atoms with Crippen LogP contribution in [0.1, 0.15) is 17.4 Å². The number of rotatable bonds is 2. The Morgan fingerprint density at radius 2 is 2.42 bits per heavy atom. The van der Waals surface area contributed by atoms with Gasteiger partial charge >= 0.3 is 0 Å². The van der Waals surface area contributed by atoms with Gasteiger partial charge in [0, 0.05) is 12.7 Å². The van der Waals surface area contributed by atoms with E-state index >= 15 is 0 Å². The standard InChI is InChI=1S/C8H11ClN2O/c1-5-2-6(9)4-11-8(5)7(12)3-10/h2,4,7,12H,3,10H2,1H3. The summed E-state index contributed by atoms with van der Waals surface area (Å²) in [6, 6.07) is 1.75. The van der Waals surface area contributed by atoms with Gasteiger partial charge in [0.15, 0.2) is 0 Å². The average Bonchev–Trinajstić information content (AvgIpc) is 2.03. The van der Waals surface area contributed by atoms with Gasteiger partial charge in [0.2, 0.25) is 0 Å². The molecule has 3 N–H and O–H groups in total. The molecule has 0 amide bonds. The Labute approximate surface area is 76.2 Å². The van der Waals surface area contributed by atoms with E-state index < -0.39 is 6.10 Å². The van der Waals surface area contributed by atoms with E-state index in [4.69, 9.17) is 17.3 Å². The molecule has 0 spiro atoms. The van der Waals surface area contributed by atoms with Crippen molar-refractivity contribution >= 4 is 11.6 Å². The van der Waals surface area contributed by atoms with Crippen LogP contribution in [-0.2, 0) is 0 Å². The fraction of sp³-hybridized carbons (Fsp3) is 0.375. The highest BCUT2D eigenvalue weighted by atomic mass is 35.5. The molecular weight excluding hydrogens is 176 g/mol. The Kier molecular flexibility index (Phi) is 3.03. The summed E-state index contributed by atoms with van der Waals surface area (Å²) >= 11 is 5.69. The number of hydrogen-bond acceptors (Lipinski definition) is 3. The van der Waals surface area contributed by atoms with Crippen LogP contribution >= 0.6 is 11.6 Å². The number of aromatic nitrogens is 1. The van der Waals surface area contributed by atoms with E-state index in [2.05, 4.69) is 4.98 Å². The van der Waals surface area contributed by atoms with E-state index in [1.807, 2.05) is 6.92 Å². The van der Waals surface area contributed by atoms with Gasteiger partial charge in [-0.05, 0) is 18.6 Å². The molecule has 66 valence electrons. The molecule has 3 nitrogen and oxygen atoms in total. The molecule has 0 aliphatic carbocycles. The summed E-state index contributed by atoms with van der Waals surface area (Å²) in [4.78, 5) is 3.99. The Hall–Kier alpha value is -0.640. The molecule has 1 heterocycles. The molecule has 4 heteroatoms. The van der Waals surface area contributed by atoms with Crippen LogP contribution in [0.2, 0.25) is 5.02 Å². The first-order valence-electron chi connectivity index (χ1n) is 3.65. The number of nitrogens with zero attached hydrogens (tertiary/aromatic N) is 1. The minimum atomic E-state index is -0.692. The quantitative estimate of drug-likeness (QED) is 0.726. The zero-order valence-electron chi connectivity index (χ0n) is 6.79. The Bertz CT molecular complexity index is 278. The summed E-state index contributed by atoms with van der Waals surface area (Å²) in [6.07, 6.45) is 0.810. The summed E-state index contributed by atoms with van der Waals surface area (Å²) < 4.78 is 0. The van der Waals surface area contributed by atoms with Gasteiger partial charge in [-0.1, -0.05) is 11.6 Å². The zero-order chi connectivity index (χ0) is 9.14. The third-order valence-electron chi connectivity index (χ3n) is 1.62. The predicted octanol–water partition coefficient (Wildman–Crippen LogP) is 1.04. The highest BCUT2D eigenvalue weighted by Gasteiger charge is 2.09. The largest absolute Gasteiger partial charge is 0.385 e. The maximum absolute atomic E-state index is 9.37. The van der Waals surface area contributed by atoms with Crippen molar-refractivity contribution in [2.75, 3.05) is 6.54 Å². The van der Waals surface area contributed by atoms with Gasteiger partial charge in [0.05, 0.1) is 10.7 Å². The van der Waals surface area contributed by atoms with Crippen molar-refractivity contribution in [1.29, 1.82) is 0 Å². The van der Waals surface area contributed by atoms with Gasteiger partial charge < -0.3 is 10.8 Å². The minimum absolute atomic E-state index is 0.176. The van der Waals surface area contributed by atoms with Crippen LogP contribution < -0.4 is 5.73 Å². The first-order chi connectivity index (χ1) is 5.65. The molecule has 0 saturated carbocycles. The van der Waals surface area contributed by atoms with Gasteiger partial charge in [0.25, 0.3) is 0 Å². The number of nitrogens with two attached hydrogens (primary N) is 1. The molecule has 1 atom stereocenters. The van der Waals surface area contributed by atoms with Crippen LogP contribution in [0.4, 0.5) is 0 Å². The normalized spacial score (nSPS) is 13.0. The zero-order valence-corrected chi connectivity index (χ0v) is 7.54. The van der Waals surface area contributed by atoms with E-state index in [-0.39, 0.29) is 6.54 Å². The van der Waals surface area contributed by atoms with Crippen LogP contribution in [0.3, 0.4) is 0 Å². The number of aliphatic hydroxyl groups is 1. The van der Waals surface area contributed by atoms with Crippen molar-refractivity contribution in [2.45, 2.75) is 13.0 Å². The Morgan fingerprint density at radius 1 is 1.75 bits per heavy atom. The number of pyridine rings is 1. The highest BCUT2D eigenvalue weighted by molar-refractivity contribution is 6.30. The molecule has 1 unspecified atom stereocenters. The first-order valence-corrected chi connectivity index (χ1v) is 4.03. The third-order valence-corrected chi connectivity index (χ3v) is 1.83. The minimum Gasteiger partial charge on any atom is -0.385 e. The van der Waals surface area contributed by atoms with Crippen LogP contribution in [-0.4, -0.2) is 16.6 Å². The van der Waals surface area contributed by atoms with E-state index in [0.717, 1.165) is 5.56 Å².